The van der Waals surface area contributed by atoms with Gasteiger partial charge in [-0.05, 0) is 12.1 Å². The minimum atomic E-state index is -0.204. The predicted octanol–water partition coefficient (Wildman–Crippen LogP) is 2.84. The van der Waals surface area contributed by atoms with Crippen molar-refractivity contribution < 1.29 is 4.39 Å². The topological polar surface area (TPSA) is 17.8 Å². The van der Waals surface area contributed by atoms with E-state index in [0.29, 0.717) is 11.4 Å². The van der Waals surface area contributed by atoms with Crippen molar-refractivity contribution in [2.24, 2.45) is 7.05 Å². The first kappa shape index (κ1) is 9.19. The summed E-state index contributed by atoms with van der Waals surface area (Å²) in [4.78, 5) is 4.40. The lowest BCUT2D eigenvalue weighted by atomic mass is 10.2. The molecule has 2 rings (SSSR count). The van der Waals surface area contributed by atoms with Gasteiger partial charge in [0.25, 0.3) is 0 Å². The quantitative estimate of drug-likeness (QED) is 0.679. The van der Waals surface area contributed by atoms with Crippen molar-refractivity contribution in [3.63, 3.8) is 0 Å². The largest absolute Gasteiger partial charge is 0.329 e. The molecule has 2 nitrogen and oxygen atoms in total. The van der Waals surface area contributed by atoms with Crippen molar-refractivity contribution in [2.45, 2.75) is 19.8 Å². The van der Waals surface area contributed by atoms with E-state index in [4.69, 9.17) is 0 Å². The zero-order valence-electron chi connectivity index (χ0n) is 8.58. The first-order chi connectivity index (χ1) is 6.61. The van der Waals surface area contributed by atoms with Gasteiger partial charge >= 0.3 is 0 Å². The van der Waals surface area contributed by atoms with Crippen LogP contribution in [0.5, 0.6) is 0 Å². The molecule has 0 saturated heterocycles. The second-order valence-electron chi connectivity index (χ2n) is 3.79. The number of aromatic nitrogens is 2. The Bertz CT molecular complexity index is 471. The Morgan fingerprint density at radius 2 is 2.07 bits per heavy atom. The fraction of sp³-hybridized carbons (Fsp3) is 0.364. The third kappa shape index (κ3) is 1.20. The number of fused-ring (bicyclic) bond motifs is 1. The SMILES string of the molecule is CC(C)c1nc2cccc(F)c2n1C. The molecule has 0 radical (unpaired) electrons. The molecule has 0 bridgehead atoms. The third-order valence-electron chi connectivity index (χ3n) is 2.40. The van der Waals surface area contributed by atoms with Crippen LogP contribution in [0.25, 0.3) is 11.0 Å². The maximum absolute atomic E-state index is 13.5. The second kappa shape index (κ2) is 3.08. The summed E-state index contributed by atoms with van der Waals surface area (Å²) in [6, 6.07) is 4.99. The number of para-hydroxylation sites is 1. The first-order valence-corrected chi connectivity index (χ1v) is 4.72. The summed E-state index contributed by atoms with van der Waals surface area (Å²) in [6.07, 6.45) is 0. The van der Waals surface area contributed by atoms with E-state index in [1.165, 1.54) is 6.07 Å². The lowest BCUT2D eigenvalue weighted by Gasteiger charge is -2.04. The molecule has 0 fully saturated rings. The molecule has 14 heavy (non-hydrogen) atoms. The normalized spacial score (nSPS) is 11.5. The van der Waals surface area contributed by atoms with Crippen LogP contribution in [0.15, 0.2) is 18.2 Å². The number of nitrogens with zero attached hydrogens (tertiary/aromatic N) is 2. The lowest BCUT2D eigenvalue weighted by Crippen LogP contribution is -2.00. The Morgan fingerprint density at radius 1 is 1.36 bits per heavy atom. The molecule has 1 heterocycles. The van der Waals surface area contributed by atoms with Gasteiger partial charge in [-0.25, -0.2) is 9.37 Å². The highest BCUT2D eigenvalue weighted by Gasteiger charge is 2.12. The summed E-state index contributed by atoms with van der Waals surface area (Å²) in [6.45, 7) is 4.11. The van der Waals surface area contributed by atoms with E-state index >= 15 is 0 Å². The van der Waals surface area contributed by atoms with Gasteiger partial charge < -0.3 is 4.57 Å². The smallest absolute Gasteiger partial charge is 0.149 e. The van der Waals surface area contributed by atoms with Crippen LogP contribution in [0.3, 0.4) is 0 Å². The van der Waals surface area contributed by atoms with E-state index in [-0.39, 0.29) is 5.82 Å². The monoisotopic (exact) mass is 192 g/mol. The van der Waals surface area contributed by atoms with Gasteiger partial charge in [-0.15, -0.1) is 0 Å². The van der Waals surface area contributed by atoms with Gasteiger partial charge in [0, 0.05) is 13.0 Å². The summed E-state index contributed by atoms with van der Waals surface area (Å²) in [7, 11) is 1.85. The molecule has 0 atom stereocenters. The van der Waals surface area contributed by atoms with E-state index in [2.05, 4.69) is 18.8 Å². The maximum Gasteiger partial charge on any atom is 0.149 e. The van der Waals surface area contributed by atoms with Crippen LogP contribution in [-0.2, 0) is 7.05 Å². The molecule has 74 valence electrons. The van der Waals surface area contributed by atoms with Crippen LogP contribution in [0, 0.1) is 5.82 Å². The predicted molar refractivity (Wildman–Crippen MR) is 54.8 cm³/mol. The van der Waals surface area contributed by atoms with E-state index in [9.17, 15) is 4.39 Å². The highest BCUT2D eigenvalue weighted by Crippen LogP contribution is 2.22. The Hall–Kier alpha value is -1.38. The fourth-order valence-corrected chi connectivity index (χ4v) is 1.76. The summed E-state index contributed by atoms with van der Waals surface area (Å²) >= 11 is 0. The molecule has 0 saturated carbocycles. The average Bonchev–Trinajstić information content (AvgIpc) is 2.45. The molecule has 0 spiro atoms. The standard InChI is InChI=1S/C11H13FN2/c1-7(2)11-13-9-6-4-5-8(12)10(9)14(11)3/h4-7H,1-3H3. The minimum Gasteiger partial charge on any atom is -0.329 e. The van der Waals surface area contributed by atoms with Gasteiger partial charge in [-0.2, -0.15) is 0 Å². The summed E-state index contributed by atoms with van der Waals surface area (Å²) in [5.74, 6) is 1.03. The van der Waals surface area contributed by atoms with Crippen molar-refractivity contribution in [2.75, 3.05) is 0 Å². The van der Waals surface area contributed by atoms with Gasteiger partial charge in [-0.1, -0.05) is 19.9 Å². The van der Waals surface area contributed by atoms with Crippen LogP contribution in [-0.4, -0.2) is 9.55 Å². The Labute approximate surface area is 82.4 Å². The van der Waals surface area contributed by atoms with Gasteiger partial charge in [-0.3, -0.25) is 0 Å². The molecule has 1 aromatic carbocycles. The zero-order valence-corrected chi connectivity index (χ0v) is 8.58. The van der Waals surface area contributed by atoms with Crippen LogP contribution in [0.2, 0.25) is 0 Å². The van der Waals surface area contributed by atoms with Gasteiger partial charge in [0.1, 0.15) is 17.2 Å². The summed E-state index contributed by atoms with van der Waals surface area (Å²) in [5, 5.41) is 0. The highest BCUT2D eigenvalue weighted by atomic mass is 19.1. The van der Waals surface area contributed by atoms with Crippen LogP contribution < -0.4 is 0 Å². The molecule has 0 amide bonds. The van der Waals surface area contributed by atoms with Crippen LogP contribution in [0.1, 0.15) is 25.6 Å². The van der Waals surface area contributed by atoms with Gasteiger partial charge in [0.2, 0.25) is 0 Å². The second-order valence-corrected chi connectivity index (χ2v) is 3.79. The number of benzene rings is 1. The molecule has 2 aromatic rings. The molecule has 0 N–H and O–H groups in total. The molecule has 0 aliphatic carbocycles. The number of halogens is 1. The van der Waals surface area contributed by atoms with Crippen molar-refractivity contribution in [3.8, 4) is 0 Å². The maximum atomic E-state index is 13.5. The first-order valence-electron chi connectivity index (χ1n) is 4.72. The molecule has 0 unspecified atom stereocenters. The minimum absolute atomic E-state index is 0.204. The molecule has 3 heteroatoms. The van der Waals surface area contributed by atoms with Gasteiger partial charge in [0.05, 0.1) is 5.52 Å². The molecule has 1 aromatic heterocycles. The van der Waals surface area contributed by atoms with Crippen molar-refractivity contribution in [1.82, 2.24) is 9.55 Å². The number of hydrogen-bond donors (Lipinski definition) is 0. The van der Waals surface area contributed by atoms with Crippen molar-refractivity contribution >= 4 is 11.0 Å². The number of aryl methyl sites for hydroxylation is 1. The fourth-order valence-electron chi connectivity index (χ4n) is 1.76. The summed E-state index contributed by atoms with van der Waals surface area (Å²) < 4.78 is 15.3. The summed E-state index contributed by atoms with van der Waals surface area (Å²) in [5.41, 5.74) is 1.33. The van der Waals surface area contributed by atoms with E-state index in [1.807, 2.05) is 17.7 Å². The van der Waals surface area contributed by atoms with E-state index in [0.717, 1.165) is 11.3 Å². The zero-order chi connectivity index (χ0) is 10.3. The Kier molecular flexibility index (Phi) is 2.02. The van der Waals surface area contributed by atoms with Crippen LogP contribution >= 0.6 is 0 Å². The molecule has 0 aliphatic heterocycles. The number of imidazole rings is 1. The lowest BCUT2D eigenvalue weighted by molar-refractivity contribution is 0.627. The van der Waals surface area contributed by atoms with Crippen LogP contribution in [0.4, 0.5) is 4.39 Å². The highest BCUT2D eigenvalue weighted by molar-refractivity contribution is 5.76. The van der Waals surface area contributed by atoms with Crippen molar-refractivity contribution in [1.29, 1.82) is 0 Å². The number of rotatable bonds is 1. The van der Waals surface area contributed by atoms with E-state index < -0.39 is 0 Å². The molecule has 0 aliphatic rings. The average molecular weight is 192 g/mol. The van der Waals surface area contributed by atoms with Gasteiger partial charge in [0.15, 0.2) is 0 Å². The van der Waals surface area contributed by atoms with Crippen molar-refractivity contribution in [3.05, 3.63) is 29.8 Å². The Morgan fingerprint density at radius 3 is 2.64 bits per heavy atom. The molecular weight excluding hydrogens is 179 g/mol. The van der Waals surface area contributed by atoms with E-state index in [1.54, 1.807) is 6.07 Å². The Balaban J connectivity index is 2.81. The molecular formula is C11H13FN2. The number of hydrogen-bond acceptors (Lipinski definition) is 1. The third-order valence-corrected chi connectivity index (χ3v) is 2.40.